The van der Waals surface area contributed by atoms with Crippen LogP contribution in [0.1, 0.15) is 120 Å². The highest BCUT2D eigenvalue weighted by Crippen LogP contribution is 2.60. The number of hydrogen-bond acceptors (Lipinski definition) is 12. The predicted molar refractivity (Wildman–Crippen MR) is 397 cm³/mol. The monoisotopic (exact) mass is 1580 g/mol. The molecule has 0 fully saturated rings. The second-order valence-corrected chi connectivity index (χ2v) is 29.4. The molecule has 21 rings (SSSR count). The minimum absolute atomic E-state index is 0. The van der Waals surface area contributed by atoms with E-state index in [0.717, 1.165) is 118 Å². The molecule has 0 saturated carbocycles. The summed E-state index contributed by atoms with van der Waals surface area (Å²) >= 11 is 0. The van der Waals surface area contributed by atoms with Gasteiger partial charge >= 0.3 is 0 Å². The van der Waals surface area contributed by atoms with Crippen molar-refractivity contribution in [3.8, 4) is 92.0 Å². The molecule has 4 N–H and O–H groups in total. The van der Waals surface area contributed by atoms with Gasteiger partial charge in [-0.25, -0.2) is 56.5 Å². The van der Waals surface area contributed by atoms with Gasteiger partial charge in [0.1, 0.15) is 95.6 Å². The smallest absolute Gasteiger partial charge is 0.243 e. The van der Waals surface area contributed by atoms with E-state index in [1.54, 1.807) is 25.3 Å². The number of halogens is 4. The Kier molecular flexibility index (Phi) is 19.1. The molecule has 24 nitrogen and oxygen atoms in total. The number of imidazole rings is 8. The summed E-state index contributed by atoms with van der Waals surface area (Å²) in [7, 11) is 8.25. The molecule has 8 aromatic carbocycles. The summed E-state index contributed by atoms with van der Waals surface area (Å²) in [5.41, 5.74) is 13.5. The summed E-state index contributed by atoms with van der Waals surface area (Å²) in [5, 5.41) is 0. The number of nitrogens with one attached hydrogen (secondary N) is 4. The first-order valence-corrected chi connectivity index (χ1v) is 37.0. The number of hydrogen-bond donors (Lipinski definition) is 4. The minimum Gasteiger partial charge on any atom is -1.00 e. The maximum absolute atomic E-state index is 7.66. The van der Waals surface area contributed by atoms with Crippen LogP contribution < -0.4 is 106 Å². The number of nitrogens with zero attached hydrogens (tertiary/aromatic N) is 12. The Morgan fingerprint density at radius 1 is 0.268 bits per heavy atom. The van der Waals surface area contributed by atoms with Crippen LogP contribution in [-0.4, -0.2) is 58.1 Å². The Hall–Kier alpha value is -12.0. The van der Waals surface area contributed by atoms with Gasteiger partial charge in [-0.05, 0) is 75.6 Å². The van der Waals surface area contributed by atoms with Crippen LogP contribution in [0.5, 0.6) is 92.0 Å². The third-order valence-corrected chi connectivity index (χ3v) is 22.2. The Bertz CT molecular complexity index is 5280. The van der Waals surface area contributed by atoms with Gasteiger partial charge in [0.25, 0.3) is 0 Å². The predicted octanol–water partition coefficient (Wildman–Crippen LogP) is 4.07. The first-order chi connectivity index (χ1) is 53.0. The zero-order chi connectivity index (χ0) is 71.8. The molecule has 16 aromatic rings. The number of ether oxygens (including phenoxy) is 8. The van der Waals surface area contributed by atoms with Crippen LogP contribution in [0, 0.1) is 0 Å². The first kappa shape index (κ1) is 72.9. The van der Waals surface area contributed by atoms with E-state index in [9.17, 15) is 0 Å². The maximum atomic E-state index is 7.66. The lowest BCUT2D eigenvalue weighted by Crippen LogP contribution is -3.00. The maximum Gasteiger partial charge on any atom is 0.243 e. The zero-order valence-electron chi connectivity index (χ0n) is 61.4. The lowest BCUT2D eigenvalue weighted by Gasteiger charge is -2.30. The van der Waals surface area contributed by atoms with E-state index in [-0.39, 0.29) is 49.6 Å². The molecule has 5 aliphatic rings. The van der Waals surface area contributed by atoms with Crippen LogP contribution in [0.25, 0.3) is 44.1 Å². The Morgan fingerprint density at radius 2 is 0.464 bits per heavy atom. The van der Waals surface area contributed by atoms with Crippen LogP contribution >= 0.6 is 0 Å². The summed E-state index contributed by atoms with van der Waals surface area (Å²) in [6, 6.07) is 33.8. The number of fused-ring (bicyclic) bond motifs is 8. The number of aryl methyl sites for hydroxylation is 8. The van der Waals surface area contributed by atoms with Gasteiger partial charge in [0.05, 0.1) is 124 Å². The molecule has 12 heterocycles. The summed E-state index contributed by atoms with van der Waals surface area (Å²) in [4.78, 5) is 32.7. The van der Waals surface area contributed by atoms with Crippen molar-refractivity contribution >= 4 is 44.1 Å². The molecule has 8 bridgehead atoms. The fourth-order valence-electron chi connectivity index (χ4n) is 17.0. The van der Waals surface area contributed by atoms with Crippen molar-refractivity contribution in [2.24, 2.45) is 28.2 Å². The minimum atomic E-state index is -0.404. The van der Waals surface area contributed by atoms with Gasteiger partial charge in [-0.2, -0.15) is 0 Å². The Balaban J connectivity index is 0.00000228. The van der Waals surface area contributed by atoms with Gasteiger partial charge in [0.2, 0.25) is 25.3 Å². The Labute approximate surface area is 667 Å². The van der Waals surface area contributed by atoms with Crippen molar-refractivity contribution in [2.75, 3.05) is 0 Å². The van der Waals surface area contributed by atoms with Gasteiger partial charge in [0, 0.05) is 141 Å². The molecular weight excluding hydrogens is 1500 g/mol. The van der Waals surface area contributed by atoms with E-state index in [1.807, 2.05) is 48.5 Å². The van der Waals surface area contributed by atoms with Crippen LogP contribution in [0.15, 0.2) is 197 Å². The molecule has 4 aliphatic heterocycles. The van der Waals surface area contributed by atoms with Crippen molar-refractivity contribution in [3.63, 3.8) is 0 Å². The van der Waals surface area contributed by atoms with Crippen molar-refractivity contribution < 1.29 is 106 Å². The molecule has 8 aromatic heterocycles. The standard InChI is InChI=1S/C84H76N16O8.4ClH/c1-93-17-21-97(45-93)13-5-9-49-53-25-55-50(10-6-14-98-22-18-94(2)46-98)57-27-59-52(12-8-16-100-24-20-96(4)48-100)60-28-58-51(11-7-15-99-23-19-95(3)47-99)56-26-54(49)70-38-72(56)104-80-32-64-66(90-43-88-64)34-82(80)106-74(58)40-76(60)108-84-36-68-67(91-44-92-68)35-83(84)107-75(59)39-73(57)105-81-33-65-63(87-42-89-65)31-79(81)103-71(55)37-69(53)101-77-29-61-62(86-41-85-61)30-78(77)102-70;;;;/h17-52H,5-16H2,1-4H3,(H,85,86)(H,87,89)(H,88,90)(H,91,92);4*1H/q+4;;;;/p-4/t49-,50+,51-,52?;;;;. The molecule has 28 heteroatoms. The molecular formula is C84H76Cl4N16O8. The lowest BCUT2D eigenvalue weighted by atomic mass is 9.76. The van der Waals surface area contributed by atoms with Gasteiger partial charge < -0.3 is 107 Å². The van der Waals surface area contributed by atoms with Gasteiger partial charge in [0.15, 0.2) is 46.0 Å². The van der Waals surface area contributed by atoms with E-state index in [1.165, 1.54) is 0 Å². The zero-order valence-corrected chi connectivity index (χ0v) is 64.4. The van der Waals surface area contributed by atoms with E-state index < -0.39 is 23.7 Å². The third-order valence-electron chi connectivity index (χ3n) is 22.2. The van der Waals surface area contributed by atoms with E-state index in [2.05, 4.69) is 208 Å². The quantitative estimate of drug-likeness (QED) is 0.101. The first-order valence-electron chi connectivity index (χ1n) is 37.0. The van der Waals surface area contributed by atoms with Crippen LogP contribution in [-0.2, 0) is 54.4 Å². The number of rotatable bonds is 16. The van der Waals surface area contributed by atoms with Crippen molar-refractivity contribution in [1.29, 1.82) is 0 Å². The second-order valence-electron chi connectivity index (χ2n) is 29.4. The molecule has 1 aliphatic carbocycles. The van der Waals surface area contributed by atoms with Crippen molar-refractivity contribution in [1.82, 2.24) is 58.1 Å². The molecule has 568 valence electrons. The fraction of sp³-hybridized carbons (Fsp3) is 0.238. The van der Waals surface area contributed by atoms with Gasteiger partial charge in [-0.1, -0.05) is 0 Å². The number of aromatic amines is 4. The molecule has 112 heavy (non-hydrogen) atoms. The highest BCUT2D eigenvalue weighted by molar-refractivity contribution is 5.84. The third kappa shape index (κ3) is 13.2. The largest absolute Gasteiger partial charge is 1.00 e. The normalized spacial score (nSPS) is 15.7. The van der Waals surface area contributed by atoms with E-state index >= 15 is 0 Å². The van der Waals surface area contributed by atoms with Crippen LogP contribution in [0.3, 0.4) is 0 Å². The van der Waals surface area contributed by atoms with Crippen molar-refractivity contribution in [3.05, 3.63) is 242 Å². The highest BCUT2D eigenvalue weighted by Gasteiger charge is 2.40. The number of aromatic nitrogens is 16. The topological polar surface area (TPSA) is 224 Å². The molecule has 0 spiro atoms. The average Bonchev–Trinajstić information content (AvgIpc) is 1.51. The van der Waals surface area contributed by atoms with E-state index in [0.29, 0.717) is 140 Å². The van der Waals surface area contributed by atoms with Crippen molar-refractivity contribution in [2.45, 2.75) is 101 Å². The highest BCUT2D eigenvalue weighted by atomic mass is 35.5. The SMILES string of the molecule is Cn1cc[n+](CCCC2c3cc4c5cc3Oc3cc6[nH]cnc6cc3Oc3cc6c(cc32)[C@H](CCC[n+]2ccn(C)c2)c2cc3c(cc2Oc2cc7nc[nH]c7cc2O6)Oc2cc6[nH]cnc6cc2Oc2cc(c(cc2[C@H]3CCC[n+]2ccn(C)c2)[C@@H]4CCC[n+]2ccn(C)c2)Oc2cc3[nH]cnc3cc2O5)c1.[Cl-].[Cl-].[Cl-].[Cl-]. The van der Waals surface area contributed by atoms with E-state index in [4.69, 9.17) is 57.8 Å². The van der Waals surface area contributed by atoms with Crippen LogP contribution in [0.4, 0.5) is 0 Å². The fourth-order valence-corrected chi connectivity index (χ4v) is 17.0. The Morgan fingerprint density at radius 3 is 0.652 bits per heavy atom. The summed E-state index contributed by atoms with van der Waals surface area (Å²) in [5.74, 6) is 6.90. The number of benzene rings is 8. The van der Waals surface area contributed by atoms with Gasteiger partial charge in [-0.3, -0.25) is 0 Å². The molecule has 0 amide bonds. The molecule has 1 unspecified atom stereocenters. The average molecular weight is 1580 g/mol. The molecule has 4 atom stereocenters. The molecule has 0 radical (unpaired) electrons. The summed E-state index contributed by atoms with van der Waals surface area (Å²) < 4.78 is 78.7. The van der Waals surface area contributed by atoms with Gasteiger partial charge in [-0.15, -0.1) is 0 Å². The number of H-pyrrole nitrogens is 4. The molecule has 0 saturated heterocycles. The second kappa shape index (κ2) is 29.4. The lowest BCUT2D eigenvalue weighted by molar-refractivity contribution is -0.697. The van der Waals surface area contributed by atoms with Crippen LogP contribution in [0.2, 0.25) is 0 Å². The summed E-state index contributed by atoms with van der Waals surface area (Å²) in [6.45, 7) is 2.93. The summed E-state index contributed by atoms with van der Waals surface area (Å²) in [6.07, 6.45) is 37.9.